The Morgan fingerprint density at radius 3 is 2.38 bits per heavy atom. The number of nitrogens with one attached hydrogen (secondary N) is 2. The number of fused-ring (bicyclic) bond motifs is 1. The second kappa shape index (κ2) is 8.32. The average Bonchev–Trinajstić information content (AvgIpc) is 2.72. The van der Waals surface area contributed by atoms with E-state index in [9.17, 15) is 21.6 Å². The lowest BCUT2D eigenvalue weighted by molar-refractivity contribution is -0.137. The Morgan fingerprint density at radius 1 is 1.00 bits per heavy atom. The molecule has 0 saturated carbocycles. The summed E-state index contributed by atoms with van der Waals surface area (Å²) in [5.74, 6) is 0. The molecule has 168 valence electrons. The van der Waals surface area contributed by atoms with E-state index in [-0.39, 0.29) is 23.0 Å². The van der Waals surface area contributed by atoms with E-state index < -0.39 is 26.7 Å². The molecule has 0 bridgehead atoms. The van der Waals surface area contributed by atoms with Crippen LogP contribution in [-0.2, 0) is 22.6 Å². The van der Waals surface area contributed by atoms with Gasteiger partial charge in [-0.15, -0.1) is 0 Å². The van der Waals surface area contributed by atoms with Crippen molar-refractivity contribution in [3.8, 4) is 11.1 Å². The smallest absolute Gasteiger partial charge is 0.399 e. The summed E-state index contributed by atoms with van der Waals surface area (Å²) in [5.41, 5.74) is 5.68. The first-order valence-electron chi connectivity index (χ1n) is 9.43. The van der Waals surface area contributed by atoms with Crippen molar-refractivity contribution in [2.45, 2.75) is 28.6 Å². The van der Waals surface area contributed by atoms with Crippen LogP contribution >= 0.6 is 11.9 Å². The van der Waals surface area contributed by atoms with E-state index in [4.69, 9.17) is 10.9 Å². The first-order valence-corrected chi connectivity index (χ1v) is 11.8. The zero-order valence-corrected chi connectivity index (χ0v) is 18.1. The fourth-order valence-corrected chi connectivity index (χ4v) is 5.08. The lowest BCUT2D eigenvalue weighted by Gasteiger charge is -2.29. The van der Waals surface area contributed by atoms with Crippen LogP contribution in [0.2, 0.25) is 0 Å². The second-order valence-corrected chi connectivity index (χ2v) is 9.71. The number of hydrogen-bond acceptors (Lipinski definition) is 6. The average molecular weight is 481 g/mol. The minimum absolute atomic E-state index is 0.116. The number of nitrogens with two attached hydrogens (primary N) is 2. The summed E-state index contributed by atoms with van der Waals surface area (Å²) in [6, 6.07) is 15.4. The number of nitrogen functional groups attached to an aromatic ring is 1. The molecule has 1 aliphatic rings. The molecule has 1 atom stereocenters. The summed E-state index contributed by atoms with van der Waals surface area (Å²) < 4.78 is 69.3. The van der Waals surface area contributed by atoms with Crippen molar-refractivity contribution >= 4 is 33.3 Å². The van der Waals surface area contributed by atoms with E-state index in [1.165, 1.54) is 30.1 Å². The Morgan fingerprint density at radius 2 is 1.72 bits per heavy atom. The monoisotopic (exact) mass is 480 g/mol. The molecule has 0 saturated heterocycles. The SMILES string of the molecule is Nc1ccc(S(N)(=O)=O)c(-c2cc3c(cc2C(F)(F)F)NC(Cc2ccccc2)NS3)c1. The third-order valence-electron chi connectivity index (χ3n) is 4.95. The molecule has 11 heteroatoms. The van der Waals surface area contributed by atoms with E-state index in [1.807, 2.05) is 30.3 Å². The molecule has 0 radical (unpaired) electrons. The van der Waals surface area contributed by atoms with Gasteiger partial charge in [0.1, 0.15) is 0 Å². The topological polar surface area (TPSA) is 110 Å². The first kappa shape index (κ1) is 22.5. The fraction of sp³-hybridized carbons (Fsp3) is 0.143. The number of benzene rings is 3. The summed E-state index contributed by atoms with van der Waals surface area (Å²) in [4.78, 5) is 0.0564. The van der Waals surface area contributed by atoms with Crippen LogP contribution in [0.1, 0.15) is 11.1 Å². The quantitative estimate of drug-likeness (QED) is 0.329. The zero-order chi connectivity index (χ0) is 23.1. The van der Waals surface area contributed by atoms with E-state index in [1.54, 1.807) is 0 Å². The lowest BCUT2D eigenvalue weighted by Crippen LogP contribution is -2.37. The van der Waals surface area contributed by atoms with Crippen LogP contribution in [0.5, 0.6) is 0 Å². The van der Waals surface area contributed by atoms with E-state index in [2.05, 4.69) is 10.0 Å². The van der Waals surface area contributed by atoms with Gasteiger partial charge in [0.2, 0.25) is 10.0 Å². The number of hydrogen-bond donors (Lipinski definition) is 4. The molecule has 1 unspecified atom stereocenters. The highest BCUT2D eigenvalue weighted by Crippen LogP contribution is 2.45. The Kier molecular flexibility index (Phi) is 5.84. The zero-order valence-electron chi connectivity index (χ0n) is 16.5. The maximum absolute atomic E-state index is 14.0. The standard InChI is InChI=1S/C21H19F3N4O2S2/c22-21(23,24)16-11-17-18(31-28-20(27-17)8-12-4-2-1-3-5-12)10-14(16)15-9-13(25)6-7-19(15)32(26,29)30/h1-7,9-11,20,27-28H,8,25H2,(H2,26,29,30). The molecule has 3 aromatic rings. The first-order chi connectivity index (χ1) is 15.0. The number of halogens is 3. The molecular formula is C21H19F3N4O2S2. The van der Waals surface area contributed by atoms with E-state index in [0.717, 1.165) is 17.7 Å². The van der Waals surface area contributed by atoms with Crippen LogP contribution in [0.4, 0.5) is 24.5 Å². The molecule has 1 aliphatic heterocycles. The molecule has 0 amide bonds. The minimum Gasteiger partial charge on any atom is -0.399 e. The number of sulfonamides is 1. The van der Waals surface area contributed by atoms with E-state index >= 15 is 0 Å². The number of rotatable bonds is 4. The van der Waals surface area contributed by atoms with Crippen molar-refractivity contribution in [2.24, 2.45) is 5.14 Å². The summed E-state index contributed by atoms with van der Waals surface area (Å²) >= 11 is 1.17. The van der Waals surface area contributed by atoms with Crippen molar-refractivity contribution < 1.29 is 21.6 Å². The van der Waals surface area contributed by atoms with Crippen LogP contribution < -0.4 is 20.9 Å². The molecule has 6 nitrogen and oxygen atoms in total. The van der Waals surface area contributed by atoms with Gasteiger partial charge in [-0.25, -0.2) is 18.3 Å². The Balaban J connectivity index is 1.80. The third-order valence-corrected chi connectivity index (χ3v) is 6.88. The van der Waals surface area contributed by atoms with Gasteiger partial charge >= 0.3 is 6.18 Å². The molecule has 0 aliphatic carbocycles. The van der Waals surface area contributed by atoms with Crippen molar-refractivity contribution in [3.63, 3.8) is 0 Å². The largest absolute Gasteiger partial charge is 0.417 e. The van der Waals surface area contributed by atoms with Crippen LogP contribution in [0.25, 0.3) is 11.1 Å². The number of anilines is 2. The summed E-state index contributed by atoms with van der Waals surface area (Å²) in [6.45, 7) is 0. The van der Waals surface area contributed by atoms with Gasteiger partial charge in [-0.3, -0.25) is 0 Å². The highest BCUT2D eigenvalue weighted by atomic mass is 32.2. The van der Waals surface area contributed by atoms with Gasteiger partial charge in [0, 0.05) is 22.6 Å². The summed E-state index contributed by atoms with van der Waals surface area (Å²) in [6.07, 6.45) is -4.48. The van der Waals surface area contributed by atoms with Gasteiger partial charge < -0.3 is 11.1 Å². The van der Waals surface area contributed by atoms with Crippen LogP contribution in [-0.4, -0.2) is 14.6 Å². The number of alkyl halides is 3. The molecule has 0 aromatic heterocycles. The van der Waals surface area contributed by atoms with Crippen LogP contribution in [0.15, 0.2) is 70.5 Å². The predicted octanol–water partition coefficient (Wildman–Crippen LogP) is 4.19. The molecule has 32 heavy (non-hydrogen) atoms. The van der Waals surface area contributed by atoms with Crippen LogP contribution in [0.3, 0.4) is 0 Å². The molecule has 6 N–H and O–H groups in total. The van der Waals surface area contributed by atoms with Gasteiger partial charge in [-0.2, -0.15) is 13.2 Å². The second-order valence-electron chi connectivity index (χ2n) is 7.30. The van der Waals surface area contributed by atoms with Crippen molar-refractivity contribution in [3.05, 3.63) is 71.8 Å². The molecule has 1 heterocycles. The highest BCUT2D eigenvalue weighted by Gasteiger charge is 2.37. The minimum atomic E-state index is -4.74. The van der Waals surface area contributed by atoms with Crippen molar-refractivity contribution in [2.75, 3.05) is 11.1 Å². The molecule has 0 fully saturated rings. The Hall–Kier alpha value is -2.73. The van der Waals surface area contributed by atoms with Gasteiger partial charge in [-0.1, -0.05) is 30.3 Å². The summed E-state index contributed by atoms with van der Waals surface area (Å²) in [5, 5.41) is 8.35. The maximum Gasteiger partial charge on any atom is 0.417 e. The summed E-state index contributed by atoms with van der Waals surface area (Å²) in [7, 11) is -4.29. The molecule has 3 aromatic carbocycles. The Bertz CT molecular complexity index is 1270. The van der Waals surface area contributed by atoms with Gasteiger partial charge in [-0.05, 0) is 53.4 Å². The predicted molar refractivity (Wildman–Crippen MR) is 119 cm³/mol. The number of primary sulfonamides is 1. The van der Waals surface area contributed by atoms with Crippen molar-refractivity contribution in [1.82, 2.24) is 4.72 Å². The molecule has 4 rings (SSSR count). The molecule has 0 spiro atoms. The third kappa shape index (κ3) is 4.70. The fourth-order valence-electron chi connectivity index (χ4n) is 3.53. The highest BCUT2D eigenvalue weighted by molar-refractivity contribution is 7.97. The normalized spacial score (nSPS) is 16.3. The van der Waals surface area contributed by atoms with E-state index in [0.29, 0.717) is 17.0 Å². The van der Waals surface area contributed by atoms with Crippen LogP contribution in [0, 0.1) is 0 Å². The lowest BCUT2D eigenvalue weighted by atomic mass is 9.97. The van der Waals surface area contributed by atoms with Gasteiger partial charge in [0.05, 0.1) is 22.3 Å². The van der Waals surface area contributed by atoms with Crippen molar-refractivity contribution in [1.29, 1.82) is 0 Å². The van der Waals surface area contributed by atoms with Gasteiger partial charge in [0.25, 0.3) is 0 Å². The maximum atomic E-state index is 14.0. The van der Waals surface area contributed by atoms with Gasteiger partial charge in [0.15, 0.2) is 0 Å². The molecular weight excluding hydrogens is 461 g/mol. The Labute approximate surface area is 187 Å².